The monoisotopic (exact) mass is 437 g/mol. The second-order valence-electron chi connectivity index (χ2n) is 6.06. The van der Waals surface area contributed by atoms with Gasteiger partial charge < -0.3 is 20.5 Å². The van der Waals surface area contributed by atoms with Crippen LogP contribution in [0.1, 0.15) is 0 Å². The molecule has 0 radical (unpaired) electrons. The van der Waals surface area contributed by atoms with E-state index in [-0.39, 0.29) is 18.2 Å². The van der Waals surface area contributed by atoms with Crippen molar-refractivity contribution in [2.75, 3.05) is 17.2 Å². The van der Waals surface area contributed by atoms with Crippen molar-refractivity contribution < 1.29 is 32.2 Å². The summed E-state index contributed by atoms with van der Waals surface area (Å²) in [5.41, 5.74) is 1.31. The highest BCUT2D eigenvalue weighted by molar-refractivity contribution is 5.73. The number of carboxylic acids is 1. The smallest absolute Gasteiger partial charge is 0.461 e. The molecule has 0 bridgehead atoms. The molecule has 2 aromatic heterocycles. The summed E-state index contributed by atoms with van der Waals surface area (Å²) < 4.78 is 54.9. The first kappa shape index (κ1) is 21.7. The molecule has 0 fully saturated rings. The molecule has 1 aromatic carbocycles. The van der Waals surface area contributed by atoms with Crippen molar-refractivity contribution in [2.24, 2.45) is 0 Å². The molecule has 31 heavy (non-hydrogen) atoms. The van der Waals surface area contributed by atoms with Crippen molar-refractivity contribution in [1.29, 1.82) is 0 Å². The number of rotatable bonds is 9. The van der Waals surface area contributed by atoms with Crippen molar-refractivity contribution in [1.82, 2.24) is 15.0 Å². The van der Waals surface area contributed by atoms with E-state index in [0.717, 1.165) is 12.1 Å². The van der Waals surface area contributed by atoms with Gasteiger partial charge in [-0.05, 0) is 30.3 Å². The van der Waals surface area contributed by atoms with Crippen LogP contribution in [0.3, 0.4) is 0 Å². The first-order chi connectivity index (χ1) is 14.7. The number of ether oxygens (including phenoxy) is 1. The molecule has 0 aliphatic rings. The van der Waals surface area contributed by atoms with E-state index < -0.39 is 24.3 Å². The van der Waals surface area contributed by atoms with Crippen LogP contribution >= 0.6 is 0 Å². The Hall–Kier alpha value is -3.96. The Bertz CT molecular complexity index is 1070. The van der Waals surface area contributed by atoms with Gasteiger partial charge in [-0.1, -0.05) is 6.07 Å². The molecule has 0 spiro atoms. The summed E-state index contributed by atoms with van der Waals surface area (Å²) in [5, 5.41) is 14.2. The Labute approximate surface area is 172 Å². The van der Waals surface area contributed by atoms with Gasteiger partial charge in [0.2, 0.25) is 5.95 Å². The SMILES string of the molecule is O=C(O)CNc1cc(-c2ccnc(Nc3cccc(OC(F)(F)C(F)F)c3)n2)ccn1. The zero-order valence-corrected chi connectivity index (χ0v) is 15.6. The van der Waals surface area contributed by atoms with Crippen molar-refractivity contribution >= 4 is 23.4 Å². The van der Waals surface area contributed by atoms with Gasteiger partial charge in [0.15, 0.2) is 0 Å². The van der Waals surface area contributed by atoms with E-state index in [2.05, 4.69) is 30.3 Å². The molecule has 8 nitrogen and oxygen atoms in total. The standard InChI is InChI=1S/C19H15F4N5O3/c20-17(21)19(22,23)31-13-3-1-2-12(9-13)27-18-25-7-5-14(28-18)11-4-6-24-15(8-11)26-10-16(29)30/h1-9,17H,10H2,(H,24,26)(H,29,30)(H,25,27,28). The maximum Gasteiger partial charge on any atom is 0.461 e. The summed E-state index contributed by atoms with van der Waals surface area (Å²) in [4.78, 5) is 23.0. The number of anilines is 3. The number of aliphatic carboxylic acids is 1. The van der Waals surface area contributed by atoms with Gasteiger partial charge in [-0.25, -0.2) is 15.0 Å². The number of aromatic nitrogens is 3. The predicted molar refractivity (Wildman–Crippen MR) is 103 cm³/mol. The normalized spacial score (nSPS) is 11.3. The molecule has 0 aliphatic heterocycles. The van der Waals surface area contributed by atoms with E-state index in [4.69, 9.17) is 5.11 Å². The van der Waals surface area contributed by atoms with E-state index in [1.807, 2.05) is 0 Å². The highest BCUT2D eigenvalue weighted by Gasteiger charge is 2.43. The molecule has 0 atom stereocenters. The Morgan fingerprint density at radius 2 is 1.90 bits per heavy atom. The lowest BCUT2D eigenvalue weighted by molar-refractivity contribution is -0.253. The Balaban J connectivity index is 1.77. The maximum absolute atomic E-state index is 13.1. The van der Waals surface area contributed by atoms with Crippen molar-refractivity contribution in [3.05, 3.63) is 54.9 Å². The quantitative estimate of drug-likeness (QED) is 0.431. The van der Waals surface area contributed by atoms with Crippen LogP contribution in [0, 0.1) is 0 Å². The third-order valence-corrected chi connectivity index (χ3v) is 3.73. The van der Waals surface area contributed by atoms with Crippen LogP contribution in [-0.4, -0.2) is 45.1 Å². The molecule has 0 unspecified atom stereocenters. The zero-order valence-electron chi connectivity index (χ0n) is 15.6. The van der Waals surface area contributed by atoms with Gasteiger partial charge in [0.05, 0.1) is 5.69 Å². The molecular weight excluding hydrogens is 422 g/mol. The fourth-order valence-corrected chi connectivity index (χ4v) is 2.40. The third kappa shape index (κ3) is 6.01. The summed E-state index contributed by atoms with van der Waals surface area (Å²) >= 11 is 0. The van der Waals surface area contributed by atoms with Gasteiger partial charge in [-0.2, -0.15) is 17.6 Å². The van der Waals surface area contributed by atoms with E-state index in [9.17, 15) is 22.4 Å². The lowest BCUT2D eigenvalue weighted by Gasteiger charge is -2.17. The number of pyridine rings is 1. The predicted octanol–water partition coefficient (Wildman–Crippen LogP) is 4.02. The first-order valence-electron chi connectivity index (χ1n) is 8.70. The average molecular weight is 437 g/mol. The Morgan fingerprint density at radius 3 is 2.65 bits per heavy atom. The van der Waals surface area contributed by atoms with Crippen molar-refractivity contribution in [2.45, 2.75) is 12.5 Å². The van der Waals surface area contributed by atoms with Gasteiger partial charge in [0.1, 0.15) is 18.1 Å². The Kier molecular flexibility index (Phi) is 6.48. The third-order valence-electron chi connectivity index (χ3n) is 3.73. The van der Waals surface area contributed by atoms with Crippen LogP contribution in [0.25, 0.3) is 11.3 Å². The van der Waals surface area contributed by atoms with Crippen LogP contribution in [0.4, 0.5) is 35.0 Å². The second-order valence-corrected chi connectivity index (χ2v) is 6.06. The number of hydrogen-bond acceptors (Lipinski definition) is 7. The van der Waals surface area contributed by atoms with E-state index in [0.29, 0.717) is 17.1 Å². The number of hydrogen-bond donors (Lipinski definition) is 3. The topological polar surface area (TPSA) is 109 Å². The van der Waals surface area contributed by atoms with Gasteiger partial charge in [0, 0.05) is 29.7 Å². The van der Waals surface area contributed by atoms with Gasteiger partial charge in [-0.15, -0.1) is 0 Å². The van der Waals surface area contributed by atoms with Crippen LogP contribution < -0.4 is 15.4 Å². The minimum atomic E-state index is -4.62. The zero-order chi connectivity index (χ0) is 22.4. The van der Waals surface area contributed by atoms with Crippen LogP contribution in [0.15, 0.2) is 54.9 Å². The van der Waals surface area contributed by atoms with E-state index in [1.54, 1.807) is 18.2 Å². The van der Waals surface area contributed by atoms with Crippen LogP contribution in [-0.2, 0) is 4.79 Å². The molecule has 12 heteroatoms. The minimum absolute atomic E-state index is 0.104. The van der Waals surface area contributed by atoms with E-state index in [1.165, 1.54) is 24.5 Å². The van der Waals surface area contributed by atoms with Gasteiger partial charge >= 0.3 is 18.5 Å². The van der Waals surface area contributed by atoms with Crippen molar-refractivity contribution in [3.63, 3.8) is 0 Å². The molecule has 0 aliphatic carbocycles. The van der Waals surface area contributed by atoms with Crippen LogP contribution in [0.5, 0.6) is 5.75 Å². The van der Waals surface area contributed by atoms with Gasteiger partial charge in [0.25, 0.3) is 0 Å². The summed E-state index contributed by atoms with van der Waals surface area (Å²) in [6.45, 7) is -0.309. The molecule has 0 saturated heterocycles. The largest absolute Gasteiger partial charge is 0.480 e. The summed E-state index contributed by atoms with van der Waals surface area (Å²) in [5.74, 6) is -1.07. The number of benzene rings is 1. The van der Waals surface area contributed by atoms with E-state index >= 15 is 0 Å². The summed E-state index contributed by atoms with van der Waals surface area (Å²) in [7, 11) is 0. The van der Waals surface area contributed by atoms with Crippen molar-refractivity contribution in [3.8, 4) is 17.0 Å². The van der Waals surface area contributed by atoms with Gasteiger partial charge in [-0.3, -0.25) is 4.79 Å². The lowest BCUT2D eigenvalue weighted by Crippen LogP contribution is -2.33. The molecule has 3 rings (SSSR count). The molecule has 0 amide bonds. The second kappa shape index (κ2) is 9.24. The fraction of sp³-hybridized carbons (Fsp3) is 0.158. The molecule has 162 valence electrons. The number of carboxylic acid groups (broad SMARTS) is 1. The molecule has 0 saturated carbocycles. The minimum Gasteiger partial charge on any atom is -0.480 e. The first-order valence-corrected chi connectivity index (χ1v) is 8.70. The number of halogens is 4. The number of nitrogens with zero attached hydrogens (tertiary/aromatic N) is 3. The highest BCUT2D eigenvalue weighted by Crippen LogP contribution is 2.29. The number of carbonyl (C=O) groups is 1. The lowest BCUT2D eigenvalue weighted by atomic mass is 10.2. The molecule has 2 heterocycles. The summed E-state index contributed by atoms with van der Waals surface area (Å²) in [6.07, 6.45) is -5.68. The fourth-order valence-electron chi connectivity index (χ4n) is 2.40. The molecule has 3 N–H and O–H groups in total. The summed E-state index contributed by atoms with van der Waals surface area (Å²) in [6, 6.07) is 9.89. The van der Waals surface area contributed by atoms with Crippen LogP contribution in [0.2, 0.25) is 0 Å². The average Bonchev–Trinajstić information content (AvgIpc) is 2.72. The highest BCUT2D eigenvalue weighted by atomic mass is 19.3. The molecular formula is C19H15F4N5O3. The Morgan fingerprint density at radius 1 is 1.13 bits per heavy atom. The molecule has 3 aromatic rings. The number of nitrogens with one attached hydrogen (secondary N) is 2. The number of alkyl halides is 4. The maximum atomic E-state index is 13.1.